The molecule has 0 aliphatic rings. The fourth-order valence-corrected chi connectivity index (χ4v) is 2.65. The van der Waals surface area contributed by atoms with E-state index in [1.807, 2.05) is 0 Å². The van der Waals surface area contributed by atoms with Crippen LogP contribution in [0.2, 0.25) is 5.02 Å². The topological polar surface area (TPSA) is 69.4 Å². The van der Waals surface area contributed by atoms with Crippen molar-refractivity contribution in [2.24, 2.45) is 0 Å². The van der Waals surface area contributed by atoms with Gasteiger partial charge in [0.2, 0.25) is 0 Å². The molecule has 18 heavy (non-hydrogen) atoms. The predicted octanol–water partition coefficient (Wildman–Crippen LogP) is 2.23. The lowest BCUT2D eigenvalue weighted by atomic mass is 10.3. The molecule has 0 fully saturated rings. The normalized spacial score (nSPS) is 12.7. The van der Waals surface area contributed by atoms with E-state index in [0.29, 0.717) is 0 Å². The molecule has 0 bridgehead atoms. The highest BCUT2D eigenvalue weighted by molar-refractivity contribution is 7.91. The molecule has 0 atom stereocenters. The van der Waals surface area contributed by atoms with E-state index in [-0.39, 0.29) is 15.6 Å². The van der Waals surface area contributed by atoms with Crippen LogP contribution in [-0.4, -0.2) is 27.1 Å². The summed E-state index contributed by atoms with van der Waals surface area (Å²) in [6.07, 6.45) is -4.87. The molecule has 0 unspecified atom stereocenters. The molecular weight excluding hydrogens is 295 g/mol. The summed E-state index contributed by atoms with van der Waals surface area (Å²) in [6, 6.07) is 3.72. The molecular formula is C9H9ClF3NO3S. The van der Waals surface area contributed by atoms with Gasteiger partial charge in [-0.25, -0.2) is 8.42 Å². The molecule has 2 N–H and O–H groups in total. The summed E-state index contributed by atoms with van der Waals surface area (Å²) in [5.74, 6) is -0.836. The standard InChI is InChI=1S/C9H9ClF3NO3S/c10-6-1-2-7(14)8(5-6)18(15,16)4-3-17-9(11,12)13/h1-2,5H,3-4,14H2. The molecule has 0 saturated heterocycles. The first-order valence-electron chi connectivity index (χ1n) is 4.60. The molecule has 0 spiro atoms. The van der Waals surface area contributed by atoms with Crippen molar-refractivity contribution in [3.63, 3.8) is 0 Å². The molecule has 0 saturated carbocycles. The monoisotopic (exact) mass is 303 g/mol. The van der Waals surface area contributed by atoms with E-state index in [2.05, 4.69) is 4.74 Å². The molecule has 9 heteroatoms. The van der Waals surface area contributed by atoms with E-state index in [1.165, 1.54) is 12.1 Å². The second-order valence-corrected chi connectivity index (χ2v) is 5.81. The first kappa shape index (κ1) is 15.1. The van der Waals surface area contributed by atoms with Gasteiger partial charge in [0.15, 0.2) is 9.84 Å². The number of sulfone groups is 1. The van der Waals surface area contributed by atoms with Crippen molar-refractivity contribution < 1.29 is 26.3 Å². The van der Waals surface area contributed by atoms with Crippen LogP contribution in [0.5, 0.6) is 0 Å². The van der Waals surface area contributed by atoms with Crippen LogP contribution in [0, 0.1) is 0 Å². The van der Waals surface area contributed by atoms with Crippen LogP contribution >= 0.6 is 11.6 Å². The number of nitrogen functional groups attached to an aromatic ring is 1. The highest BCUT2D eigenvalue weighted by Crippen LogP contribution is 2.24. The molecule has 0 heterocycles. The summed E-state index contributed by atoms with van der Waals surface area (Å²) >= 11 is 5.60. The molecule has 4 nitrogen and oxygen atoms in total. The van der Waals surface area contributed by atoms with Crippen molar-refractivity contribution in [3.05, 3.63) is 23.2 Å². The van der Waals surface area contributed by atoms with Gasteiger partial charge in [-0.3, -0.25) is 4.74 Å². The lowest BCUT2D eigenvalue weighted by Crippen LogP contribution is -2.20. The van der Waals surface area contributed by atoms with Gasteiger partial charge in [0.25, 0.3) is 0 Å². The molecule has 0 aromatic heterocycles. The minimum absolute atomic E-state index is 0.0774. The number of nitrogens with two attached hydrogens (primary N) is 1. The Bertz CT molecular complexity index is 530. The third-order valence-corrected chi connectivity index (χ3v) is 3.89. The summed E-state index contributed by atoms with van der Waals surface area (Å²) in [4.78, 5) is -0.305. The number of hydrogen-bond donors (Lipinski definition) is 1. The minimum atomic E-state index is -4.87. The maximum absolute atomic E-state index is 11.7. The van der Waals surface area contributed by atoms with E-state index in [0.717, 1.165) is 6.07 Å². The Balaban J connectivity index is 2.84. The maximum atomic E-state index is 11.7. The van der Waals surface area contributed by atoms with Crippen molar-refractivity contribution in [2.45, 2.75) is 11.3 Å². The number of benzene rings is 1. The summed E-state index contributed by atoms with van der Waals surface area (Å²) < 4.78 is 62.0. The maximum Gasteiger partial charge on any atom is 0.522 e. The fourth-order valence-electron chi connectivity index (χ4n) is 1.15. The molecule has 1 rings (SSSR count). The minimum Gasteiger partial charge on any atom is -0.398 e. The Hall–Kier alpha value is -0.990. The Morgan fingerprint density at radius 1 is 1.33 bits per heavy atom. The van der Waals surface area contributed by atoms with Crippen molar-refractivity contribution >= 4 is 27.1 Å². The zero-order valence-electron chi connectivity index (χ0n) is 8.87. The van der Waals surface area contributed by atoms with Crippen molar-refractivity contribution in [3.8, 4) is 0 Å². The van der Waals surface area contributed by atoms with Gasteiger partial charge in [-0.2, -0.15) is 0 Å². The number of rotatable bonds is 4. The average molecular weight is 304 g/mol. The smallest absolute Gasteiger partial charge is 0.398 e. The number of hydrogen-bond acceptors (Lipinski definition) is 4. The Kier molecular flexibility index (Phi) is 4.46. The Morgan fingerprint density at radius 3 is 2.50 bits per heavy atom. The Labute approximate surface area is 106 Å². The molecule has 1 aromatic rings. The van der Waals surface area contributed by atoms with Crippen LogP contribution in [0.4, 0.5) is 18.9 Å². The third kappa shape index (κ3) is 4.35. The van der Waals surface area contributed by atoms with E-state index in [1.54, 1.807) is 0 Å². The van der Waals surface area contributed by atoms with Crippen LogP contribution < -0.4 is 5.73 Å². The lowest BCUT2D eigenvalue weighted by molar-refractivity contribution is -0.322. The largest absolute Gasteiger partial charge is 0.522 e. The van der Waals surface area contributed by atoms with Crippen LogP contribution in [0.15, 0.2) is 23.1 Å². The third-order valence-electron chi connectivity index (χ3n) is 1.93. The van der Waals surface area contributed by atoms with Gasteiger partial charge in [-0.15, -0.1) is 13.2 Å². The quantitative estimate of drug-likeness (QED) is 0.866. The Morgan fingerprint density at radius 2 is 1.94 bits per heavy atom. The first-order chi connectivity index (χ1) is 8.12. The SMILES string of the molecule is Nc1ccc(Cl)cc1S(=O)(=O)CCOC(F)(F)F. The summed E-state index contributed by atoms with van der Waals surface area (Å²) in [5, 5.41) is 0.125. The van der Waals surface area contributed by atoms with Crippen LogP contribution in [0.25, 0.3) is 0 Å². The van der Waals surface area contributed by atoms with Crippen LogP contribution in [0.1, 0.15) is 0 Å². The second kappa shape index (κ2) is 5.33. The van der Waals surface area contributed by atoms with Gasteiger partial charge in [0, 0.05) is 5.02 Å². The molecule has 0 radical (unpaired) electrons. The highest BCUT2D eigenvalue weighted by atomic mass is 35.5. The zero-order chi connectivity index (χ0) is 14.0. The van der Waals surface area contributed by atoms with Gasteiger partial charge in [0.05, 0.1) is 22.9 Å². The van der Waals surface area contributed by atoms with E-state index < -0.39 is 28.6 Å². The molecule has 0 aliphatic heterocycles. The fraction of sp³-hybridized carbons (Fsp3) is 0.333. The number of alkyl halides is 3. The summed E-state index contributed by atoms with van der Waals surface area (Å²) in [7, 11) is -3.97. The summed E-state index contributed by atoms with van der Waals surface area (Å²) in [6.45, 7) is -1.00. The van der Waals surface area contributed by atoms with E-state index in [9.17, 15) is 21.6 Å². The number of anilines is 1. The highest BCUT2D eigenvalue weighted by Gasteiger charge is 2.30. The second-order valence-electron chi connectivity index (χ2n) is 3.30. The van der Waals surface area contributed by atoms with Crippen LogP contribution in [0.3, 0.4) is 0 Å². The average Bonchev–Trinajstić information content (AvgIpc) is 2.19. The molecule has 1 aromatic carbocycles. The van der Waals surface area contributed by atoms with E-state index >= 15 is 0 Å². The predicted molar refractivity (Wildman–Crippen MR) is 59.9 cm³/mol. The molecule has 102 valence electrons. The lowest BCUT2D eigenvalue weighted by Gasteiger charge is -2.09. The summed E-state index contributed by atoms with van der Waals surface area (Å²) in [5.41, 5.74) is 5.35. The number of halogens is 4. The zero-order valence-corrected chi connectivity index (χ0v) is 10.4. The van der Waals surface area contributed by atoms with Crippen LogP contribution in [-0.2, 0) is 14.6 Å². The van der Waals surface area contributed by atoms with Gasteiger partial charge in [0.1, 0.15) is 0 Å². The van der Waals surface area contributed by atoms with Crippen molar-refractivity contribution in [1.82, 2.24) is 0 Å². The van der Waals surface area contributed by atoms with Gasteiger partial charge < -0.3 is 5.73 Å². The van der Waals surface area contributed by atoms with Crippen molar-refractivity contribution in [1.29, 1.82) is 0 Å². The molecule has 0 aliphatic carbocycles. The van der Waals surface area contributed by atoms with E-state index in [4.69, 9.17) is 17.3 Å². The molecule has 0 amide bonds. The van der Waals surface area contributed by atoms with Gasteiger partial charge >= 0.3 is 6.36 Å². The first-order valence-corrected chi connectivity index (χ1v) is 6.63. The van der Waals surface area contributed by atoms with Gasteiger partial charge in [-0.1, -0.05) is 11.6 Å². The number of ether oxygens (including phenoxy) is 1. The van der Waals surface area contributed by atoms with Gasteiger partial charge in [-0.05, 0) is 18.2 Å². The van der Waals surface area contributed by atoms with Crippen molar-refractivity contribution in [2.75, 3.05) is 18.1 Å².